The Hall–Kier alpha value is -3.76. The van der Waals surface area contributed by atoms with Crippen LogP contribution in [0.25, 0.3) is 11.4 Å². The Kier molecular flexibility index (Phi) is 7.74. The molecular weight excluding hydrogens is 450 g/mol. The third kappa shape index (κ3) is 5.84. The van der Waals surface area contributed by atoms with Gasteiger partial charge in [0.05, 0.1) is 54.5 Å². The Morgan fingerprint density at radius 2 is 2.09 bits per heavy atom. The van der Waals surface area contributed by atoms with Crippen LogP contribution in [0.3, 0.4) is 0 Å². The van der Waals surface area contributed by atoms with Gasteiger partial charge in [-0.1, -0.05) is 6.92 Å². The zero-order valence-electron chi connectivity index (χ0n) is 20.3. The Labute approximate surface area is 204 Å². The normalized spacial score (nSPS) is 17.7. The number of hydrogen-bond acceptors (Lipinski definition) is 9. The molecule has 3 aromatic heterocycles. The number of nitrogens with one attached hydrogen (secondary N) is 1. The molecule has 11 heteroatoms. The first-order chi connectivity index (χ1) is 17.0. The molecule has 0 amide bonds. The standard InChI is InChI=1S/C24H31N7O4/c1-4-18-20(35-16-8-6-7-15(11-16)23(32)33)14-26-22(29-18)17-12-28-31(3)19(17)13-27-24-25-10-9-21(30-24)34-5-2/h9-10,12,14-16H,4-8,11,13H2,1-3H3,(H,32,33)(H,25,27,30)/t15-,16-/m0/s1. The maximum atomic E-state index is 11.4. The Morgan fingerprint density at radius 3 is 2.86 bits per heavy atom. The first-order valence-corrected chi connectivity index (χ1v) is 11.9. The van der Waals surface area contributed by atoms with Crippen LogP contribution in [-0.4, -0.2) is 53.5 Å². The molecule has 35 heavy (non-hydrogen) atoms. The van der Waals surface area contributed by atoms with Crippen molar-refractivity contribution in [3.8, 4) is 23.0 Å². The average Bonchev–Trinajstić information content (AvgIpc) is 3.23. The van der Waals surface area contributed by atoms with Gasteiger partial charge < -0.3 is 19.9 Å². The van der Waals surface area contributed by atoms with E-state index in [0.717, 1.165) is 29.8 Å². The lowest BCUT2D eigenvalue weighted by molar-refractivity contribution is -0.143. The van der Waals surface area contributed by atoms with Gasteiger partial charge in [-0.2, -0.15) is 10.1 Å². The van der Waals surface area contributed by atoms with E-state index in [2.05, 4.69) is 25.4 Å². The number of hydrogen-bond donors (Lipinski definition) is 2. The number of aromatic nitrogens is 6. The van der Waals surface area contributed by atoms with E-state index in [4.69, 9.17) is 14.5 Å². The summed E-state index contributed by atoms with van der Waals surface area (Å²) in [6, 6.07) is 1.71. The van der Waals surface area contributed by atoms with Crippen molar-refractivity contribution in [1.29, 1.82) is 0 Å². The Balaban J connectivity index is 1.50. The molecular formula is C24H31N7O4. The molecule has 0 aromatic carbocycles. The summed E-state index contributed by atoms with van der Waals surface area (Å²) in [4.78, 5) is 29.3. The number of aryl methyl sites for hydroxylation is 2. The molecule has 0 saturated heterocycles. The number of ether oxygens (including phenoxy) is 2. The van der Waals surface area contributed by atoms with Crippen LogP contribution in [0, 0.1) is 5.92 Å². The number of anilines is 1. The van der Waals surface area contributed by atoms with Gasteiger partial charge in [-0.15, -0.1) is 0 Å². The number of carboxylic acid groups (broad SMARTS) is 1. The van der Waals surface area contributed by atoms with Crippen molar-refractivity contribution in [2.45, 2.75) is 58.6 Å². The number of nitrogens with zero attached hydrogens (tertiary/aromatic N) is 6. The van der Waals surface area contributed by atoms with Crippen LogP contribution in [0.1, 0.15) is 50.9 Å². The monoisotopic (exact) mass is 481 g/mol. The largest absolute Gasteiger partial charge is 0.487 e. The summed E-state index contributed by atoms with van der Waals surface area (Å²) in [5.74, 6) is 1.01. The topological polar surface area (TPSA) is 137 Å². The smallest absolute Gasteiger partial charge is 0.306 e. The van der Waals surface area contributed by atoms with E-state index in [9.17, 15) is 9.90 Å². The molecule has 11 nitrogen and oxygen atoms in total. The molecule has 0 unspecified atom stereocenters. The van der Waals surface area contributed by atoms with Gasteiger partial charge in [-0.3, -0.25) is 9.48 Å². The number of aliphatic carboxylic acids is 1. The van der Waals surface area contributed by atoms with E-state index in [0.29, 0.717) is 55.8 Å². The molecule has 0 aliphatic heterocycles. The zero-order valence-corrected chi connectivity index (χ0v) is 20.3. The van der Waals surface area contributed by atoms with Crippen LogP contribution in [0.4, 0.5) is 5.95 Å². The number of rotatable bonds is 10. The third-order valence-electron chi connectivity index (χ3n) is 6.07. The minimum absolute atomic E-state index is 0.143. The number of carbonyl (C=O) groups is 1. The Bertz CT molecular complexity index is 1170. The highest BCUT2D eigenvalue weighted by Crippen LogP contribution is 2.30. The molecule has 0 radical (unpaired) electrons. The second-order valence-electron chi connectivity index (χ2n) is 8.43. The average molecular weight is 482 g/mol. The highest BCUT2D eigenvalue weighted by molar-refractivity contribution is 5.70. The molecule has 1 aliphatic rings. The van der Waals surface area contributed by atoms with Crippen molar-refractivity contribution >= 4 is 11.9 Å². The van der Waals surface area contributed by atoms with Gasteiger partial charge in [0, 0.05) is 19.3 Å². The molecule has 4 rings (SSSR count). The van der Waals surface area contributed by atoms with E-state index in [1.165, 1.54) is 0 Å². The summed E-state index contributed by atoms with van der Waals surface area (Å²) in [6.07, 6.45) is 8.46. The van der Waals surface area contributed by atoms with Crippen LogP contribution >= 0.6 is 0 Å². The van der Waals surface area contributed by atoms with Crippen LogP contribution in [0.2, 0.25) is 0 Å². The second-order valence-corrected chi connectivity index (χ2v) is 8.43. The van der Waals surface area contributed by atoms with Gasteiger partial charge in [0.1, 0.15) is 0 Å². The maximum Gasteiger partial charge on any atom is 0.306 e. The minimum atomic E-state index is -0.756. The zero-order chi connectivity index (χ0) is 24.8. The summed E-state index contributed by atoms with van der Waals surface area (Å²) in [5, 5.41) is 17.0. The van der Waals surface area contributed by atoms with Crippen LogP contribution in [0.15, 0.2) is 24.7 Å². The van der Waals surface area contributed by atoms with Gasteiger partial charge in [-0.05, 0) is 39.0 Å². The summed E-state index contributed by atoms with van der Waals surface area (Å²) in [6.45, 7) is 4.86. The lowest BCUT2D eigenvalue weighted by Crippen LogP contribution is -2.29. The van der Waals surface area contributed by atoms with Crippen LogP contribution in [0.5, 0.6) is 11.6 Å². The molecule has 2 atom stereocenters. The van der Waals surface area contributed by atoms with Crippen molar-refractivity contribution in [3.05, 3.63) is 36.0 Å². The maximum absolute atomic E-state index is 11.4. The molecule has 0 bridgehead atoms. The van der Waals surface area contributed by atoms with Gasteiger partial charge in [0.2, 0.25) is 11.8 Å². The summed E-state index contributed by atoms with van der Waals surface area (Å²) in [7, 11) is 1.86. The molecule has 3 heterocycles. The molecule has 186 valence electrons. The van der Waals surface area contributed by atoms with E-state index in [-0.39, 0.29) is 12.0 Å². The van der Waals surface area contributed by atoms with Crippen molar-refractivity contribution < 1.29 is 19.4 Å². The molecule has 1 aliphatic carbocycles. The number of carboxylic acids is 1. The van der Waals surface area contributed by atoms with E-state index < -0.39 is 5.97 Å². The second kappa shape index (κ2) is 11.1. The van der Waals surface area contributed by atoms with Gasteiger partial charge >= 0.3 is 5.97 Å². The van der Waals surface area contributed by atoms with E-state index in [1.54, 1.807) is 29.3 Å². The molecule has 3 aromatic rings. The third-order valence-corrected chi connectivity index (χ3v) is 6.07. The van der Waals surface area contributed by atoms with E-state index >= 15 is 0 Å². The van der Waals surface area contributed by atoms with Gasteiger partial charge in [0.15, 0.2) is 11.6 Å². The predicted octanol–water partition coefficient (Wildman–Crippen LogP) is 3.26. The van der Waals surface area contributed by atoms with Crippen molar-refractivity contribution in [3.63, 3.8) is 0 Å². The highest BCUT2D eigenvalue weighted by Gasteiger charge is 2.29. The Morgan fingerprint density at radius 1 is 1.23 bits per heavy atom. The summed E-state index contributed by atoms with van der Waals surface area (Å²) in [5.41, 5.74) is 2.46. The first-order valence-electron chi connectivity index (χ1n) is 11.9. The molecule has 1 fully saturated rings. The quantitative estimate of drug-likeness (QED) is 0.444. The lowest BCUT2D eigenvalue weighted by Gasteiger charge is -2.27. The van der Waals surface area contributed by atoms with Crippen molar-refractivity contribution in [2.75, 3.05) is 11.9 Å². The highest BCUT2D eigenvalue weighted by atomic mass is 16.5. The SMILES string of the molecule is CCOc1ccnc(NCc2c(-c3ncc(O[C@H]4CCC[C@H](C(=O)O)C4)c(CC)n3)cnn2C)n1. The lowest BCUT2D eigenvalue weighted by atomic mass is 9.87. The fourth-order valence-electron chi connectivity index (χ4n) is 4.22. The molecule has 2 N–H and O–H groups in total. The van der Waals surface area contributed by atoms with Crippen LogP contribution in [-0.2, 0) is 24.8 Å². The van der Waals surface area contributed by atoms with Crippen molar-refractivity contribution in [2.24, 2.45) is 13.0 Å². The molecule has 1 saturated carbocycles. The molecule has 0 spiro atoms. The van der Waals surface area contributed by atoms with Gasteiger partial charge in [-0.25, -0.2) is 15.0 Å². The fraction of sp³-hybridized carbons (Fsp3) is 0.500. The summed E-state index contributed by atoms with van der Waals surface area (Å²) >= 11 is 0. The predicted molar refractivity (Wildman–Crippen MR) is 128 cm³/mol. The van der Waals surface area contributed by atoms with Gasteiger partial charge in [0.25, 0.3) is 0 Å². The first kappa shape index (κ1) is 24.4. The van der Waals surface area contributed by atoms with E-state index in [1.807, 2.05) is 20.9 Å². The van der Waals surface area contributed by atoms with Crippen LogP contribution < -0.4 is 14.8 Å². The van der Waals surface area contributed by atoms with Crippen molar-refractivity contribution in [1.82, 2.24) is 29.7 Å². The minimum Gasteiger partial charge on any atom is -0.487 e. The summed E-state index contributed by atoms with van der Waals surface area (Å²) < 4.78 is 13.4. The fourth-order valence-corrected chi connectivity index (χ4v) is 4.22.